The molecule has 1 saturated heterocycles. The predicted molar refractivity (Wildman–Crippen MR) is 124 cm³/mol. The Kier molecular flexibility index (Phi) is 5.93. The molecule has 10 nitrogen and oxygen atoms in total. The first-order valence-electron chi connectivity index (χ1n) is 12.0. The van der Waals surface area contributed by atoms with Crippen LogP contribution in [0.5, 0.6) is 5.75 Å². The molecule has 3 N–H and O–H groups in total. The van der Waals surface area contributed by atoms with Crippen molar-refractivity contribution in [1.82, 2.24) is 4.90 Å². The summed E-state index contributed by atoms with van der Waals surface area (Å²) < 4.78 is 16.9. The minimum absolute atomic E-state index is 0.174. The van der Waals surface area contributed by atoms with E-state index in [0.29, 0.717) is 30.7 Å². The molecule has 5 rings (SSSR count). The number of benzene rings is 1. The molecular weight excluding hydrogens is 470 g/mol. The first-order chi connectivity index (χ1) is 17.2. The van der Waals surface area contributed by atoms with Crippen molar-refractivity contribution in [2.75, 3.05) is 13.6 Å². The maximum absolute atomic E-state index is 12.8. The highest BCUT2D eigenvalue weighted by Gasteiger charge is 2.71. The van der Waals surface area contributed by atoms with Crippen LogP contribution < -0.4 is 4.74 Å². The topological polar surface area (TPSA) is 143 Å². The molecule has 2 bridgehead atoms. The number of likely N-dealkylation sites (tertiary alicyclic amines) is 1. The van der Waals surface area contributed by atoms with E-state index in [2.05, 4.69) is 4.90 Å². The highest BCUT2D eigenvalue weighted by Crippen LogP contribution is 2.64. The van der Waals surface area contributed by atoms with Crippen molar-refractivity contribution < 1.29 is 43.9 Å². The molecule has 0 saturated carbocycles. The van der Waals surface area contributed by atoms with Gasteiger partial charge in [0.15, 0.2) is 6.10 Å². The summed E-state index contributed by atoms with van der Waals surface area (Å²) in [5.74, 6) is -2.55. The van der Waals surface area contributed by atoms with E-state index in [4.69, 9.17) is 14.2 Å². The summed E-state index contributed by atoms with van der Waals surface area (Å²) in [6.07, 6.45) is 2.24. The molecule has 192 valence electrons. The van der Waals surface area contributed by atoms with Gasteiger partial charge in [-0.2, -0.15) is 0 Å². The molecule has 1 spiro atoms. The number of allylic oxidation sites excluding steroid dienone is 1. The number of piperidine rings is 1. The SMILES string of the molecule is C/C=C/C(=O)O[C@@H](CC(=O)OC1=CC[C@@]2(O)[C@H]3Cc4ccc(CO)c5c4C2(CCN3C)C1O5)C(=O)O. The molecule has 36 heavy (non-hydrogen) atoms. The van der Waals surface area contributed by atoms with Crippen LogP contribution in [0.3, 0.4) is 0 Å². The number of hydrogen-bond donors (Lipinski definition) is 3. The Morgan fingerprint density at radius 1 is 1.33 bits per heavy atom. The second-order valence-corrected chi connectivity index (χ2v) is 9.84. The van der Waals surface area contributed by atoms with Crippen molar-refractivity contribution in [3.8, 4) is 5.75 Å². The van der Waals surface area contributed by atoms with Gasteiger partial charge in [-0.1, -0.05) is 18.2 Å². The standard InChI is InChI=1S/C26H29NO9/c1-3-4-19(29)35-17(24(31)32)12-20(30)34-16-7-8-26(33)18-11-14-5-6-15(13-28)22-21(14)25(26,23(16)36-22)9-10-27(18)2/h3-7,17-18,23,28,33H,8-13H2,1-2H3,(H,31,32)/b4-3+/t17-,18+,23?,25?,26+/m0/s1. The van der Waals surface area contributed by atoms with Gasteiger partial charge in [-0.25, -0.2) is 9.59 Å². The molecule has 10 heteroatoms. The van der Waals surface area contributed by atoms with Gasteiger partial charge in [0.05, 0.1) is 24.0 Å². The molecule has 0 amide bonds. The first kappa shape index (κ1) is 24.5. The van der Waals surface area contributed by atoms with Gasteiger partial charge in [0.2, 0.25) is 6.10 Å². The Hall–Kier alpha value is -3.21. The van der Waals surface area contributed by atoms with E-state index >= 15 is 0 Å². The van der Waals surface area contributed by atoms with Crippen LogP contribution in [-0.4, -0.2) is 75.6 Å². The van der Waals surface area contributed by atoms with Crippen LogP contribution in [0, 0.1) is 0 Å². The Morgan fingerprint density at radius 2 is 2.11 bits per heavy atom. The summed E-state index contributed by atoms with van der Waals surface area (Å²) in [5, 5.41) is 31.5. The van der Waals surface area contributed by atoms with Gasteiger partial charge >= 0.3 is 17.9 Å². The minimum atomic E-state index is -1.71. The largest absolute Gasteiger partial charge is 0.481 e. The van der Waals surface area contributed by atoms with Crippen molar-refractivity contribution >= 4 is 17.9 Å². The van der Waals surface area contributed by atoms with Crippen LogP contribution in [-0.2, 0) is 42.3 Å². The Morgan fingerprint density at radius 3 is 2.81 bits per heavy atom. The smallest absolute Gasteiger partial charge is 0.345 e. The molecule has 2 aliphatic heterocycles. The fourth-order valence-corrected chi connectivity index (χ4v) is 6.45. The van der Waals surface area contributed by atoms with Crippen molar-refractivity contribution in [3.05, 3.63) is 52.8 Å². The summed E-state index contributed by atoms with van der Waals surface area (Å²) >= 11 is 0. The van der Waals surface area contributed by atoms with Gasteiger partial charge in [0.25, 0.3) is 0 Å². The molecule has 2 aliphatic carbocycles. The number of aliphatic carboxylic acids is 1. The zero-order valence-corrected chi connectivity index (χ0v) is 20.1. The van der Waals surface area contributed by atoms with E-state index in [0.717, 1.165) is 17.2 Å². The van der Waals surface area contributed by atoms with Crippen LogP contribution in [0.25, 0.3) is 0 Å². The van der Waals surface area contributed by atoms with E-state index in [-0.39, 0.29) is 24.8 Å². The number of aliphatic hydroxyl groups is 2. The molecular formula is C26H29NO9. The number of nitrogens with zero attached hydrogens (tertiary/aromatic N) is 1. The van der Waals surface area contributed by atoms with E-state index in [1.165, 1.54) is 6.08 Å². The number of likely N-dealkylation sites (N-methyl/N-ethyl adjacent to an activating group) is 1. The Balaban J connectivity index is 1.48. The van der Waals surface area contributed by atoms with Gasteiger partial charge in [-0.3, -0.25) is 4.79 Å². The third-order valence-corrected chi connectivity index (χ3v) is 8.05. The maximum Gasteiger partial charge on any atom is 0.345 e. The summed E-state index contributed by atoms with van der Waals surface area (Å²) in [6.45, 7) is 2.02. The average molecular weight is 500 g/mol. The van der Waals surface area contributed by atoms with E-state index in [1.807, 2.05) is 19.2 Å². The van der Waals surface area contributed by atoms with Gasteiger partial charge in [0, 0.05) is 29.7 Å². The lowest BCUT2D eigenvalue weighted by molar-refractivity contribution is -0.172. The van der Waals surface area contributed by atoms with E-state index < -0.39 is 47.6 Å². The zero-order valence-electron chi connectivity index (χ0n) is 20.1. The van der Waals surface area contributed by atoms with Crippen molar-refractivity contribution in [2.24, 2.45) is 0 Å². The third-order valence-electron chi connectivity index (χ3n) is 8.05. The summed E-state index contributed by atoms with van der Waals surface area (Å²) in [7, 11) is 1.98. The third kappa shape index (κ3) is 3.39. The first-order valence-corrected chi connectivity index (χ1v) is 12.0. The fourth-order valence-electron chi connectivity index (χ4n) is 6.45. The van der Waals surface area contributed by atoms with Crippen molar-refractivity contribution in [3.63, 3.8) is 0 Å². The highest BCUT2D eigenvalue weighted by atomic mass is 16.6. The zero-order chi connectivity index (χ0) is 25.8. The van der Waals surface area contributed by atoms with Crippen LogP contribution >= 0.6 is 0 Å². The maximum atomic E-state index is 12.8. The average Bonchev–Trinajstić information content (AvgIpc) is 3.18. The lowest BCUT2D eigenvalue weighted by Crippen LogP contribution is -2.74. The number of carbonyl (C=O) groups excluding carboxylic acids is 2. The number of esters is 2. The van der Waals surface area contributed by atoms with Gasteiger partial charge in [-0.05, 0) is 45.0 Å². The molecule has 1 fully saturated rings. The van der Waals surface area contributed by atoms with Crippen LogP contribution in [0.4, 0.5) is 0 Å². The van der Waals surface area contributed by atoms with E-state index in [9.17, 15) is 29.7 Å². The van der Waals surface area contributed by atoms with Crippen LogP contribution in [0.15, 0.2) is 36.1 Å². The van der Waals surface area contributed by atoms with Crippen molar-refractivity contribution in [2.45, 2.75) is 68.5 Å². The number of rotatable bonds is 7. The fraction of sp³-hybridized carbons (Fsp3) is 0.500. The normalized spacial score (nSPS) is 30.7. The lowest BCUT2D eigenvalue weighted by Gasteiger charge is -2.61. The number of carboxylic acid groups (broad SMARTS) is 1. The van der Waals surface area contributed by atoms with Crippen molar-refractivity contribution in [1.29, 1.82) is 0 Å². The number of ether oxygens (including phenoxy) is 3. The Bertz CT molecular complexity index is 1190. The Labute approximate surface area is 207 Å². The number of carboxylic acids is 1. The second-order valence-electron chi connectivity index (χ2n) is 9.84. The molecule has 2 unspecified atom stereocenters. The van der Waals surface area contributed by atoms with Gasteiger partial charge in [-0.15, -0.1) is 0 Å². The summed E-state index contributed by atoms with van der Waals surface area (Å²) in [4.78, 5) is 38.2. The number of aliphatic hydroxyl groups excluding tert-OH is 1. The number of carbonyl (C=O) groups is 3. The quantitative estimate of drug-likeness (QED) is 0.367. The number of hydrogen-bond acceptors (Lipinski definition) is 9. The molecule has 2 heterocycles. The molecule has 4 aliphatic rings. The van der Waals surface area contributed by atoms with Crippen LogP contribution in [0.1, 0.15) is 42.9 Å². The van der Waals surface area contributed by atoms with Crippen LogP contribution in [0.2, 0.25) is 0 Å². The minimum Gasteiger partial charge on any atom is -0.481 e. The predicted octanol–water partition coefficient (Wildman–Crippen LogP) is 0.962. The van der Waals surface area contributed by atoms with E-state index in [1.54, 1.807) is 13.0 Å². The molecule has 0 aromatic heterocycles. The highest BCUT2D eigenvalue weighted by molar-refractivity contribution is 5.87. The lowest BCUT2D eigenvalue weighted by atomic mass is 9.50. The van der Waals surface area contributed by atoms with Gasteiger partial charge < -0.3 is 34.4 Å². The molecule has 0 radical (unpaired) electrons. The second kappa shape index (κ2) is 8.72. The molecule has 5 atom stereocenters. The van der Waals surface area contributed by atoms with Gasteiger partial charge in [0.1, 0.15) is 11.5 Å². The molecule has 1 aromatic carbocycles. The summed E-state index contributed by atoms with van der Waals surface area (Å²) in [6, 6.07) is 3.60. The monoisotopic (exact) mass is 499 g/mol. The molecule has 1 aromatic rings. The summed E-state index contributed by atoms with van der Waals surface area (Å²) in [5.41, 5.74) is 0.410.